The van der Waals surface area contributed by atoms with Crippen molar-refractivity contribution < 1.29 is 0 Å². The average molecular weight is 204 g/mol. The number of rotatable bonds is 1. The van der Waals surface area contributed by atoms with Crippen molar-refractivity contribution >= 4 is 21.4 Å². The highest BCUT2D eigenvalue weighted by atomic mass is 32.1. The molecule has 0 amide bonds. The standard InChI is InChI=1S/C12H12OS/c1-8(2)9-4-3-5-11-12(9)10(13)6-7-14-11/h3-8H,1-2H3. The molecule has 0 spiro atoms. The molecule has 0 unspecified atom stereocenters. The summed E-state index contributed by atoms with van der Waals surface area (Å²) in [6, 6.07) is 7.72. The van der Waals surface area contributed by atoms with Gasteiger partial charge in [-0.1, -0.05) is 26.0 Å². The zero-order chi connectivity index (χ0) is 10.1. The van der Waals surface area contributed by atoms with Crippen LogP contribution in [0.3, 0.4) is 0 Å². The van der Waals surface area contributed by atoms with E-state index in [2.05, 4.69) is 13.8 Å². The molecule has 0 N–H and O–H groups in total. The summed E-state index contributed by atoms with van der Waals surface area (Å²) in [6.45, 7) is 4.23. The second-order valence-corrected chi connectivity index (χ2v) is 4.61. The van der Waals surface area contributed by atoms with Crippen LogP contribution in [-0.2, 0) is 0 Å². The van der Waals surface area contributed by atoms with Gasteiger partial charge in [0, 0.05) is 10.1 Å². The monoisotopic (exact) mass is 204 g/mol. The minimum atomic E-state index is 0.142. The Hall–Kier alpha value is -1.15. The Labute approximate surface area is 87.0 Å². The van der Waals surface area contributed by atoms with Gasteiger partial charge in [0.25, 0.3) is 0 Å². The van der Waals surface area contributed by atoms with E-state index in [9.17, 15) is 4.79 Å². The minimum Gasteiger partial charge on any atom is -0.289 e. The number of hydrogen-bond acceptors (Lipinski definition) is 2. The molecule has 0 saturated carbocycles. The lowest BCUT2D eigenvalue weighted by Gasteiger charge is -2.07. The van der Waals surface area contributed by atoms with Gasteiger partial charge in [-0.05, 0) is 29.0 Å². The molecule has 0 radical (unpaired) electrons. The van der Waals surface area contributed by atoms with Crippen molar-refractivity contribution in [2.24, 2.45) is 0 Å². The van der Waals surface area contributed by atoms with E-state index in [-0.39, 0.29) is 5.43 Å². The molecule has 0 bridgehead atoms. The van der Waals surface area contributed by atoms with Crippen LogP contribution >= 0.6 is 11.3 Å². The highest BCUT2D eigenvalue weighted by molar-refractivity contribution is 7.16. The van der Waals surface area contributed by atoms with Gasteiger partial charge in [0.15, 0.2) is 5.43 Å². The predicted molar refractivity (Wildman–Crippen MR) is 62.2 cm³/mol. The lowest BCUT2D eigenvalue weighted by atomic mass is 9.99. The fourth-order valence-electron chi connectivity index (χ4n) is 1.64. The van der Waals surface area contributed by atoms with Crippen LogP contribution in [0.4, 0.5) is 0 Å². The van der Waals surface area contributed by atoms with Crippen molar-refractivity contribution in [2.75, 3.05) is 0 Å². The zero-order valence-electron chi connectivity index (χ0n) is 8.28. The van der Waals surface area contributed by atoms with Gasteiger partial charge in [-0.3, -0.25) is 4.79 Å². The van der Waals surface area contributed by atoms with Gasteiger partial charge in [0.1, 0.15) is 0 Å². The largest absolute Gasteiger partial charge is 0.289 e. The molecule has 1 heterocycles. The van der Waals surface area contributed by atoms with Crippen LogP contribution in [0.1, 0.15) is 25.3 Å². The Morgan fingerprint density at radius 1 is 1.21 bits per heavy atom. The first-order valence-electron chi connectivity index (χ1n) is 4.70. The smallest absolute Gasteiger partial charge is 0.188 e. The van der Waals surface area contributed by atoms with E-state index in [1.165, 1.54) is 0 Å². The predicted octanol–water partition coefficient (Wildman–Crippen LogP) is 3.38. The number of hydrogen-bond donors (Lipinski definition) is 0. The molecule has 0 fully saturated rings. The molecule has 0 aliphatic rings. The van der Waals surface area contributed by atoms with Crippen molar-refractivity contribution in [1.29, 1.82) is 0 Å². The highest BCUT2D eigenvalue weighted by Gasteiger charge is 2.07. The molecule has 0 atom stereocenters. The molecular weight excluding hydrogens is 192 g/mol. The maximum atomic E-state index is 11.7. The summed E-state index contributed by atoms with van der Waals surface area (Å²) in [5.74, 6) is 0.404. The Balaban J connectivity index is 2.91. The van der Waals surface area contributed by atoms with E-state index in [0.717, 1.165) is 15.6 Å². The Morgan fingerprint density at radius 3 is 2.71 bits per heavy atom. The summed E-state index contributed by atoms with van der Waals surface area (Å²) in [5, 5.41) is 2.75. The molecule has 1 nitrogen and oxygen atoms in total. The fraction of sp³-hybridized carbons (Fsp3) is 0.250. The lowest BCUT2D eigenvalue weighted by molar-refractivity contribution is 0.876. The van der Waals surface area contributed by atoms with Crippen molar-refractivity contribution in [3.63, 3.8) is 0 Å². The summed E-state index contributed by atoms with van der Waals surface area (Å²) in [6.07, 6.45) is 0. The normalized spacial score (nSPS) is 11.1. The molecule has 0 aliphatic heterocycles. The van der Waals surface area contributed by atoms with Gasteiger partial charge in [-0.25, -0.2) is 0 Å². The van der Waals surface area contributed by atoms with Crippen LogP contribution in [-0.4, -0.2) is 0 Å². The van der Waals surface area contributed by atoms with Gasteiger partial charge >= 0.3 is 0 Å². The quantitative estimate of drug-likeness (QED) is 0.696. The van der Waals surface area contributed by atoms with E-state index >= 15 is 0 Å². The molecule has 72 valence electrons. The summed E-state index contributed by atoms with van der Waals surface area (Å²) in [4.78, 5) is 11.7. The van der Waals surface area contributed by atoms with Crippen molar-refractivity contribution in [3.8, 4) is 0 Å². The van der Waals surface area contributed by atoms with Crippen LogP contribution < -0.4 is 5.43 Å². The first-order chi connectivity index (χ1) is 6.70. The molecule has 1 aromatic heterocycles. The molecular formula is C12H12OS. The fourth-order valence-corrected chi connectivity index (χ4v) is 2.48. The first kappa shape index (κ1) is 9.41. The van der Waals surface area contributed by atoms with E-state index < -0.39 is 0 Å². The van der Waals surface area contributed by atoms with E-state index in [4.69, 9.17) is 0 Å². The Kier molecular flexibility index (Phi) is 2.38. The summed E-state index contributed by atoms with van der Waals surface area (Å²) < 4.78 is 1.09. The maximum absolute atomic E-state index is 11.7. The number of benzene rings is 1. The number of fused-ring (bicyclic) bond motifs is 1. The van der Waals surface area contributed by atoms with Crippen LogP contribution in [0.25, 0.3) is 10.1 Å². The first-order valence-corrected chi connectivity index (χ1v) is 5.58. The maximum Gasteiger partial charge on any atom is 0.188 e. The molecule has 0 saturated heterocycles. The zero-order valence-corrected chi connectivity index (χ0v) is 9.10. The van der Waals surface area contributed by atoms with Gasteiger partial charge in [0.2, 0.25) is 0 Å². The van der Waals surface area contributed by atoms with Crippen LogP contribution in [0.2, 0.25) is 0 Å². The third-order valence-electron chi connectivity index (χ3n) is 2.34. The van der Waals surface area contributed by atoms with E-state index in [1.807, 2.05) is 23.6 Å². The third-order valence-corrected chi connectivity index (χ3v) is 3.21. The Bertz CT molecular complexity index is 506. The van der Waals surface area contributed by atoms with E-state index in [1.54, 1.807) is 17.4 Å². The van der Waals surface area contributed by atoms with Gasteiger partial charge in [-0.15, -0.1) is 11.3 Å². The Morgan fingerprint density at radius 2 is 2.00 bits per heavy atom. The van der Waals surface area contributed by atoms with E-state index in [0.29, 0.717) is 5.92 Å². The van der Waals surface area contributed by atoms with Gasteiger partial charge in [0.05, 0.1) is 0 Å². The van der Waals surface area contributed by atoms with Gasteiger partial charge < -0.3 is 0 Å². The topological polar surface area (TPSA) is 17.1 Å². The lowest BCUT2D eigenvalue weighted by Crippen LogP contribution is -2.02. The SMILES string of the molecule is CC(C)c1cccc2sccc(=O)c12. The second-order valence-electron chi connectivity index (χ2n) is 3.66. The molecule has 0 aliphatic carbocycles. The molecule has 1 aromatic carbocycles. The van der Waals surface area contributed by atoms with Crippen molar-refractivity contribution in [3.05, 3.63) is 45.4 Å². The molecule has 2 heteroatoms. The highest BCUT2D eigenvalue weighted by Crippen LogP contribution is 2.24. The minimum absolute atomic E-state index is 0.142. The third kappa shape index (κ3) is 1.46. The summed E-state index contributed by atoms with van der Waals surface area (Å²) in [7, 11) is 0. The molecule has 2 rings (SSSR count). The molecule has 2 aromatic rings. The van der Waals surface area contributed by atoms with Crippen LogP contribution in [0.15, 0.2) is 34.4 Å². The van der Waals surface area contributed by atoms with Crippen molar-refractivity contribution in [2.45, 2.75) is 19.8 Å². The van der Waals surface area contributed by atoms with Crippen LogP contribution in [0.5, 0.6) is 0 Å². The van der Waals surface area contributed by atoms with Crippen LogP contribution in [0, 0.1) is 0 Å². The second kappa shape index (κ2) is 3.54. The van der Waals surface area contributed by atoms with Crippen molar-refractivity contribution in [1.82, 2.24) is 0 Å². The summed E-state index contributed by atoms with van der Waals surface area (Å²) >= 11 is 1.62. The summed E-state index contributed by atoms with van der Waals surface area (Å²) in [5.41, 5.74) is 1.30. The van der Waals surface area contributed by atoms with Gasteiger partial charge in [-0.2, -0.15) is 0 Å². The molecule has 14 heavy (non-hydrogen) atoms. The average Bonchev–Trinajstić information content (AvgIpc) is 2.17.